The molecule has 1 amide bonds. The number of ether oxygens (including phenoxy) is 1. The van der Waals surface area contributed by atoms with Gasteiger partial charge in [0, 0.05) is 12.0 Å². The van der Waals surface area contributed by atoms with Crippen molar-refractivity contribution in [1.29, 1.82) is 0 Å². The third-order valence-corrected chi connectivity index (χ3v) is 4.50. The summed E-state index contributed by atoms with van der Waals surface area (Å²) in [6.45, 7) is 3.83. The Labute approximate surface area is 158 Å². The maximum Gasteiger partial charge on any atom is 0.336 e. The second-order valence-corrected chi connectivity index (χ2v) is 6.35. The molecule has 0 spiro atoms. The Hall–Kier alpha value is -3.40. The van der Waals surface area contributed by atoms with Gasteiger partial charge in [-0.25, -0.2) is 4.79 Å². The lowest BCUT2D eigenvalue weighted by atomic mass is 9.83. The number of carbonyl (C=O) groups excluding carboxylic acids is 2. The molecule has 0 aromatic heterocycles. The minimum absolute atomic E-state index is 0.294. The van der Waals surface area contributed by atoms with Crippen LogP contribution in [0.15, 0.2) is 90.5 Å². The molecule has 1 aliphatic rings. The lowest BCUT2D eigenvalue weighted by Gasteiger charge is -2.34. The van der Waals surface area contributed by atoms with E-state index in [1.54, 1.807) is 18.2 Å². The van der Waals surface area contributed by atoms with Crippen LogP contribution in [0.1, 0.15) is 11.1 Å². The van der Waals surface area contributed by atoms with Gasteiger partial charge in [0.15, 0.2) is 5.54 Å². The molecule has 27 heavy (non-hydrogen) atoms. The molecule has 1 aliphatic heterocycles. The molecule has 136 valence electrons. The van der Waals surface area contributed by atoms with Crippen molar-refractivity contribution in [2.45, 2.75) is 12.0 Å². The number of benzene rings is 2. The van der Waals surface area contributed by atoms with Crippen LogP contribution >= 0.6 is 0 Å². The van der Waals surface area contributed by atoms with Gasteiger partial charge in [-0.15, -0.1) is 0 Å². The van der Waals surface area contributed by atoms with E-state index in [0.29, 0.717) is 17.6 Å². The fourth-order valence-corrected chi connectivity index (χ4v) is 3.19. The van der Waals surface area contributed by atoms with E-state index >= 15 is 0 Å². The Bertz CT molecular complexity index is 913. The summed E-state index contributed by atoms with van der Waals surface area (Å²) in [5.41, 5.74) is 1.60. The molecule has 0 fully saturated rings. The van der Waals surface area contributed by atoms with E-state index in [9.17, 15) is 9.59 Å². The van der Waals surface area contributed by atoms with Crippen LogP contribution in [0.4, 0.5) is 0 Å². The highest BCUT2D eigenvalue weighted by Crippen LogP contribution is 2.29. The summed E-state index contributed by atoms with van der Waals surface area (Å²) in [5, 5.41) is 2.86. The van der Waals surface area contributed by atoms with E-state index in [1.165, 1.54) is 7.11 Å². The molecule has 0 aliphatic carbocycles. The van der Waals surface area contributed by atoms with Crippen LogP contribution < -0.4 is 5.32 Å². The lowest BCUT2D eigenvalue weighted by Crippen LogP contribution is -2.58. The highest BCUT2D eigenvalue weighted by Gasteiger charge is 2.43. The molecule has 1 atom stereocenters. The van der Waals surface area contributed by atoms with Crippen LogP contribution in [-0.4, -0.2) is 24.5 Å². The fourth-order valence-electron chi connectivity index (χ4n) is 3.19. The number of carbonyl (C=O) groups is 2. The summed E-state index contributed by atoms with van der Waals surface area (Å²) in [6.07, 6.45) is 5.40. The van der Waals surface area contributed by atoms with Crippen molar-refractivity contribution in [2.24, 2.45) is 0 Å². The summed E-state index contributed by atoms with van der Waals surface area (Å²) in [6, 6.07) is 19.0. The van der Waals surface area contributed by atoms with Crippen molar-refractivity contribution in [3.8, 4) is 0 Å². The van der Waals surface area contributed by atoms with Gasteiger partial charge in [0.25, 0.3) is 5.91 Å². The molecule has 4 heteroatoms. The van der Waals surface area contributed by atoms with Gasteiger partial charge in [0.05, 0.1) is 7.11 Å². The standard InChI is InChI=1S/C23H21NO3/c1-3-19-16-23(22(26)27-2,15-18-12-8-5-9-13-18)24-21(25)20(19)14-17-10-6-4-7-11-17/h3-14,16H,1,15H2,2H3,(H,24,25)/b20-14-. The largest absolute Gasteiger partial charge is 0.467 e. The Kier molecular flexibility index (Phi) is 5.36. The number of hydrogen-bond acceptors (Lipinski definition) is 3. The number of esters is 1. The molecule has 0 radical (unpaired) electrons. The van der Waals surface area contributed by atoms with Crippen LogP contribution in [0.2, 0.25) is 0 Å². The average molecular weight is 359 g/mol. The van der Waals surface area contributed by atoms with Gasteiger partial charge >= 0.3 is 5.97 Å². The summed E-state index contributed by atoms with van der Waals surface area (Å²) in [7, 11) is 1.32. The number of nitrogens with one attached hydrogen (secondary N) is 1. The number of amides is 1. The lowest BCUT2D eigenvalue weighted by molar-refractivity contribution is -0.148. The van der Waals surface area contributed by atoms with E-state index in [-0.39, 0.29) is 5.91 Å². The summed E-state index contributed by atoms with van der Waals surface area (Å²) in [5.74, 6) is -0.851. The van der Waals surface area contributed by atoms with Gasteiger partial charge < -0.3 is 10.1 Å². The van der Waals surface area contributed by atoms with E-state index in [1.807, 2.05) is 60.7 Å². The summed E-state index contributed by atoms with van der Waals surface area (Å²) < 4.78 is 5.01. The second kappa shape index (κ2) is 7.87. The molecular weight excluding hydrogens is 338 g/mol. The van der Waals surface area contributed by atoms with Crippen LogP contribution in [0.5, 0.6) is 0 Å². The van der Waals surface area contributed by atoms with Crippen LogP contribution in [0, 0.1) is 0 Å². The van der Waals surface area contributed by atoms with Crippen molar-refractivity contribution < 1.29 is 14.3 Å². The maximum atomic E-state index is 12.9. The first-order chi connectivity index (χ1) is 13.1. The molecule has 3 rings (SSSR count). The molecule has 2 aromatic rings. The zero-order valence-corrected chi connectivity index (χ0v) is 15.1. The van der Waals surface area contributed by atoms with E-state index in [2.05, 4.69) is 11.9 Å². The third-order valence-electron chi connectivity index (χ3n) is 4.50. The maximum absolute atomic E-state index is 12.9. The Morgan fingerprint density at radius 1 is 1.11 bits per heavy atom. The first-order valence-corrected chi connectivity index (χ1v) is 8.65. The molecule has 2 aromatic carbocycles. The molecular formula is C23H21NO3. The van der Waals surface area contributed by atoms with E-state index in [0.717, 1.165) is 11.1 Å². The molecule has 4 nitrogen and oxygen atoms in total. The van der Waals surface area contributed by atoms with Gasteiger partial charge in [-0.2, -0.15) is 0 Å². The molecule has 1 heterocycles. The number of allylic oxidation sites excluding steroid dienone is 1. The highest BCUT2D eigenvalue weighted by molar-refractivity contribution is 6.08. The summed E-state index contributed by atoms with van der Waals surface area (Å²) >= 11 is 0. The quantitative estimate of drug-likeness (QED) is 0.657. The fraction of sp³-hybridized carbons (Fsp3) is 0.130. The van der Waals surface area contributed by atoms with Crippen LogP contribution in [0.3, 0.4) is 0 Å². The minimum Gasteiger partial charge on any atom is -0.467 e. The predicted molar refractivity (Wildman–Crippen MR) is 106 cm³/mol. The van der Waals surface area contributed by atoms with Gasteiger partial charge in [-0.05, 0) is 28.9 Å². The zero-order chi connectivity index (χ0) is 19.3. The molecule has 1 unspecified atom stereocenters. The monoisotopic (exact) mass is 359 g/mol. The second-order valence-electron chi connectivity index (χ2n) is 6.35. The average Bonchev–Trinajstić information content (AvgIpc) is 2.70. The number of hydrogen-bond donors (Lipinski definition) is 1. The van der Waals surface area contributed by atoms with Crippen molar-refractivity contribution in [2.75, 3.05) is 7.11 Å². The van der Waals surface area contributed by atoms with Crippen molar-refractivity contribution in [3.05, 3.63) is 102 Å². The zero-order valence-electron chi connectivity index (χ0n) is 15.1. The van der Waals surface area contributed by atoms with Gasteiger partial charge in [0.2, 0.25) is 0 Å². The van der Waals surface area contributed by atoms with Gasteiger partial charge in [-0.1, -0.05) is 73.3 Å². The van der Waals surface area contributed by atoms with Gasteiger partial charge in [-0.3, -0.25) is 4.79 Å². The summed E-state index contributed by atoms with van der Waals surface area (Å²) in [4.78, 5) is 25.5. The van der Waals surface area contributed by atoms with Crippen molar-refractivity contribution >= 4 is 18.0 Å². The van der Waals surface area contributed by atoms with Crippen molar-refractivity contribution in [3.63, 3.8) is 0 Å². The molecule has 0 bridgehead atoms. The third kappa shape index (κ3) is 3.90. The van der Waals surface area contributed by atoms with E-state index in [4.69, 9.17) is 4.74 Å². The smallest absolute Gasteiger partial charge is 0.336 e. The highest BCUT2D eigenvalue weighted by atomic mass is 16.5. The normalized spacial score (nSPS) is 20.6. The number of methoxy groups -OCH3 is 1. The van der Waals surface area contributed by atoms with Crippen LogP contribution in [-0.2, 0) is 20.7 Å². The number of rotatable bonds is 5. The first kappa shape index (κ1) is 18.4. The first-order valence-electron chi connectivity index (χ1n) is 8.65. The van der Waals surface area contributed by atoms with E-state index < -0.39 is 11.5 Å². The Morgan fingerprint density at radius 2 is 1.74 bits per heavy atom. The van der Waals surface area contributed by atoms with Crippen LogP contribution in [0.25, 0.3) is 6.08 Å². The minimum atomic E-state index is -1.27. The Balaban J connectivity index is 2.07. The SMILES string of the molecule is C=CC1=CC(Cc2ccccc2)(C(=O)OC)NC(=O)/C1=C\c1ccccc1. The molecule has 0 saturated heterocycles. The topological polar surface area (TPSA) is 55.4 Å². The predicted octanol–water partition coefficient (Wildman–Crippen LogP) is 3.47. The Morgan fingerprint density at radius 3 is 2.33 bits per heavy atom. The van der Waals surface area contributed by atoms with Crippen molar-refractivity contribution in [1.82, 2.24) is 5.32 Å². The molecule has 0 saturated carbocycles. The molecule has 1 N–H and O–H groups in total. The van der Waals surface area contributed by atoms with Gasteiger partial charge in [0.1, 0.15) is 0 Å².